The van der Waals surface area contributed by atoms with Crippen LogP contribution in [0.3, 0.4) is 0 Å². The van der Waals surface area contributed by atoms with Gasteiger partial charge in [-0.15, -0.1) is 11.3 Å². The third kappa shape index (κ3) is 5.62. The predicted molar refractivity (Wildman–Crippen MR) is 277 cm³/mol. The van der Waals surface area contributed by atoms with E-state index < -0.39 is 0 Å². The molecule has 0 saturated heterocycles. The molecule has 304 valence electrons. The van der Waals surface area contributed by atoms with E-state index in [1.165, 1.54) is 58.1 Å². The summed E-state index contributed by atoms with van der Waals surface area (Å²) >= 11 is 1.85. The number of aromatic nitrogens is 1. The minimum Gasteiger partial charge on any atom is -0.455 e. The lowest BCUT2D eigenvalue weighted by Gasteiger charge is -2.16. The normalized spacial score (nSPS) is 16.1. The largest absolute Gasteiger partial charge is 0.455 e. The molecule has 0 radical (unpaired) electrons. The quantitative estimate of drug-likeness (QED) is 0.174. The number of hydrogen-bond donors (Lipinski definition) is 0. The molecule has 1 aliphatic heterocycles. The van der Waals surface area contributed by atoms with Gasteiger partial charge in [-0.3, -0.25) is 0 Å². The molecule has 0 amide bonds. The Morgan fingerprint density at radius 3 is 2.02 bits per heavy atom. The smallest absolute Gasteiger partial charge is 0.160 e. The highest BCUT2D eigenvalue weighted by Crippen LogP contribution is 2.43. The molecule has 10 aromatic carbocycles. The van der Waals surface area contributed by atoms with E-state index in [1.54, 1.807) is 0 Å². The molecule has 0 aliphatic carbocycles. The Kier molecular flexibility index (Phi) is 7.94. The Balaban J connectivity index is 1.05. The molecule has 0 unspecified atom stereocenters. The number of amidine groups is 1. The summed E-state index contributed by atoms with van der Waals surface area (Å²) in [7, 11) is 0. The van der Waals surface area contributed by atoms with Crippen molar-refractivity contribution in [3.63, 3.8) is 0 Å². The molecule has 3 aromatic heterocycles. The monoisotopic (exact) mass is 847 g/mol. The lowest BCUT2D eigenvalue weighted by molar-refractivity contribution is 0.667. The van der Waals surface area contributed by atoms with Gasteiger partial charge >= 0.3 is 0 Å². The van der Waals surface area contributed by atoms with E-state index in [4.69, 9.17) is 14.4 Å². The highest BCUT2D eigenvalue weighted by Gasteiger charge is 2.23. The van der Waals surface area contributed by atoms with Crippen LogP contribution in [0, 0.1) is 0 Å². The average Bonchev–Trinajstić information content (AvgIpc) is 4.03. The fraction of sp³-hybridized carbons (Fsp3) is 0.0333. The number of allylic oxidation sites excluding steroid dienone is 1. The number of nitrogens with zero attached hydrogens (tertiary/aromatic N) is 3. The van der Waals surface area contributed by atoms with E-state index in [9.17, 15) is 0 Å². The van der Waals surface area contributed by atoms with Gasteiger partial charge in [-0.05, 0) is 87.6 Å². The van der Waals surface area contributed by atoms with Crippen LogP contribution in [0.4, 0.5) is 0 Å². The lowest BCUT2D eigenvalue weighted by atomic mass is 9.99. The van der Waals surface area contributed by atoms with Gasteiger partial charge < -0.3 is 8.98 Å². The fourth-order valence-electron chi connectivity index (χ4n) is 10.5. The Morgan fingerprint density at radius 2 is 1.14 bits per heavy atom. The Labute approximate surface area is 377 Å². The highest BCUT2D eigenvalue weighted by atomic mass is 32.1. The van der Waals surface area contributed by atoms with E-state index >= 15 is 0 Å². The second-order valence-corrected chi connectivity index (χ2v) is 18.2. The number of aliphatic imine (C=N–C) groups is 2. The summed E-state index contributed by atoms with van der Waals surface area (Å²) in [6.45, 7) is 0. The first-order valence-electron chi connectivity index (χ1n) is 22.3. The van der Waals surface area contributed by atoms with Crippen LogP contribution >= 0.6 is 11.3 Å². The van der Waals surface area contributed by atoms with Crippen LogP contribution in [-0.2, 0) is 0 Å². The summed E-state index contributed by atoms with van der Waals surface area (Å²) in [4.78, 5) is 11.4. The lowest BCUT2D eigenvalue weighted by Crippen LogP contribution is -2.10. The van der Waals surface area contributed by atoms with Gasteiger partial charge in [0.25, 0.3) is 0 Å². The Morgan fingerprint density at radius 1 is 0.462 bits per heavy atom. The number of thiophene rings is 1. The third-order valence-corrected chi connectivity index (χ3v) is 14.7. The van der Waals surface area contributed by atoms with Crippen LogP contribution in [0.15, 0.2) is 215 Å². The number of furan rings is 1. The van der Waals surface area contributed by atoms with Crippen molar-refractivity contribution in [2.24, 2.45) is 9.98 Å². The van der Waals surface area contributed by atoms with Gasteiger partial charge in [-0.1, -0.05) is 158 Å². The summed E-state index contributed by atoms with van der Waals surface area (Å²) in [5.74, 6) is 0.685. The zero-order valence-electron chi connectivity index (χ0n) is 35.1. The molecule has 4 heterocycles. The van der Waals surface area contributed by atoms with Crippen LogP contribution in [0.1, 0.15) is 29.5 Å². The maximum atomic E-state index is 6.90. The zero-order valence-corrected chi connectivity index (χ0v) is 35.9. The Hall–Kier alpha value is -8.12. The molecule has 0 N–H and O–H groups in total. The van der Waals surface area contributed by atoms with Gasteiger partial charge in [0.2, 0.25) is 0 Å². The molecular formula is C60H37N3OS. The topological polar surface area (TPSA) is 42.8 Å². The van der Waals surface area contributed by atoms with E-state index in [0.717, 1.165) is 84.8 Å². The minimum absolute atomic E-state index is 0.685. The fourth-order valence-corrected chi connectivity index (χ4v) is 11.7. The SMILES string of the molecule is C1=C(c2cc(-n3c4cc5ccccc5cc4c4c5ccccc5ccc43)cc3c2oc2ccccc23)/N=C(c2cccc3ccccc23)\N=C(\c2cccc3c2sc2ccccc23)CC\1. The average molecular weight is 848 g/mol. The molecule has 5 heteroatoms. The van der Waals surface area contributed by atoms with Crippen LogP contribution < -0.4 is 0 Å². The molecule has 13 aromatic rings. The van der Waals surface area contributed by atoms with Crippen molar-refractivity contribution in [1.82, 2.24) is 4.57 Å². The van der Waals surface area contributed by atoms with Crippen molar-refractivity contribution in [2.75, 3.05) is 0 Å². The van der Waals surface area contributed by atoms with E-state index in [1.807, 2.05) is 17.4 Å². The van der Waals surface area contributed by atoms with Crippen LogP contribution in [0.25, 0.3) is 108 Å². The maximum absolute atomic E-state index is 6.90. The summed E-state index contributed by atoms with van der Waals surface area (Å²) in [5.41, 5.74) is 10.0. The standard InChI is InChI=1S/C60H37N3OS/c1-2-17-39-33-54-50(32-38(39)16-1)57-42-20-6-4-15-37(42)30-31-53(57)63(54)40-34-48-43-21-7-9-28-55(43)64-58(48)49(35-40)52-27-13-26-51(47-25-12-23-45-44-22-8-10-29-56(44)65-59(45)47)61-60(62-52)46-24-11-18-36-14-3-5-19-41(36)46/h1-12,14-25,27-35H,13,26H2/b52-27-,61-51+,62-60-. The maximum Gasteiger partial charge on any atom is 0.160 e. The van der Waals surface area contributed by atoms with E-state index in [-0.39, 0.29) is 0 Å². The second kappa shape index (κ2) is 14.2. The van der Waals surface area contributed by atoms with Gasteiger partial charge in [-0.25, -0.2) is 9.98 Å². The highest BCUT2D eigenvalue weighted by molar-refractivity contribution is 7.26. The van der Waals surface area contributed by atoms with Gasteiger partial charge in [0.15, 0.2) is 5.84 Å². The summed E-state index contributed by atoms with van der Waals surface area (Å²) < 4.78 is 11.9. The third-order valence-electron chi connectivity index (χ3n) is 13.5. The van der Waals surface area contributed by atoms with Gasteiger partial charge in [0.05, 0.1) is 22.4 Å². The predicted octanol–water partition coefficient (Wildman–Crippen LogP) is 16.6. The number of benzene rings is 10. The molecule has 0 saturated carbocycles. The molecule has 65 heavy (non-hydrogen) atoms. The van der Waals surface area contributed by atoms with Crippen molar-refractivity contribution < 1.29 is 4.42 Å². The molecule has 0 fully saturated rings. The second-order valence-electron chi connectivity index (χ2n) is 17.1. The van der Waals surface area contributed by atoms with Crippen molar-refractivity contribution in [3.05, 3.63) is 217 Å². The molecule has 14 rings (SSSR count). The zero-order chi connectivity index (χ0) is 42.6. The van der Waals surface area contributed by atoms with Crippen molar-refractivity contribution >= 4 is 125 Å². The molecule has 1 aliphatic rings. The summed E-state index contributed by atoms with van der Waals surface area (Å²) in [5, 5.41) is 14.3. The van der Waals surface area contributed by atoms with Gasteiger partial charge in [0, 0.05) is 64.1 Å². The van der Waals surface area contributed by atoms with Crippen LogP contribution in [0.5, 0.6) is 0 Å². The van der Waals surface area contributed by atoms with Crippen LogP contribution in [0.2, 0.25) is 0 Å². The summed E-state index contributed by atoms with van der Waals surface area (Å²) in [6, 6.07) is 70.1. The summed E-state index contributed by atoms with van der Waals surface area (Å²) in [6.07, 6.45) is 3.81. The van der Waals surface area contributed by atoms with Gasteiger partial charge in [-0.2, -0.15) is 0 Å². The number of fused-ring (bicyclic) bond motifs is 13. The first-order chi connectivity index (χ1) is 32.2. The molecule has 4 nitrogen and oxygen atoms in total. The number of hydrogen-bond acceptors (Lipinski definition) is 4. The first-order valence-corrected chi connectivity index (χ1v) is 23.1. The number of rotatable bonds is 4. The van der Waals surface area contributed by atoms with Crippen LogP contribution in [-0.4, -0.2) is 16.1 Å². The first kappa shape index (κ1) is 36.4. The molecule has 0 atom stereocenters. The minimum atomic E-state index is 0.685. The number of para-hydroxylation sites is 1. The van der Waals surface area contributed by atoms with Gasteiger partial charge in [0.1, 0.15) is 11.2 Å². The molecular weight excluding hydrogens is 811 g/mol. The molecule has 0 spiro atoms. The van der Waals surface area contributed by atoms with E-state index in [2.05, 4.69) is 199 Å². The van der Waals surface area contributed by atoms with E-state index in [0.29, 0.717) is 5.84 Å². The molecule has 0 bridgehead atoms. The van der Waals surface area contributed by atoms with Crippen molar-refractivity contribution in [3.8, 4) is 5.69 Å². The van der Waals surface area contributed by atoms with Crippen molar-refractivity contribution in [1.29, 1.82) is 0 Å². The van der Waals surface area contributed by atoms with Crippen molar-refractivity contribution in [2.45, 2.75) is 12.8 Å². The Bertz CT molecular complexity index is 4250.